The van der Waals surface area contributed by atoms with Crippen molar-refractivity contribution in [2.24, 2.45) is 5.92 Å². The van der Waals surface area contributed by atoms with Gasteiger partial charge in [-0.05, 0) is 44.6 Å². The molecule has 0 saturated carbocycles. The molecule has 1 aromatic rings. The summed E-state index contributed by atoms with van der Waals surface area (Å²) >= 11 is 3.26. The van der Waals surface area contributed by atoms with Crippen LogP contribution in [0, 0.1) is 11.7 Å². The van der Waals surface area contributed by atoms with Gasteiger partial charge in [0, 0.05) is 23.6 Å². The number of halogens is 2. The minimum Gasteiger partial charge on any atom is -0.492 e. The minimum atomic E-state index is -0.278. The first kappa shape index (κ1) is 14.8. The molecule has 106 valence electrons. The molecule has 2 rings (SSSR count). The molecule has 5 heteroatoms. The Bertz CT molecular complexity index is 396. The summed E-state index contributed by atoms with van der Waals surface area (Å²) in [7, 11) is 1.99. The molecule has 1 heterocycles. The number of ether oxygens (including phenoxy) is 1. The molecule has 19 heavy (non-hydrogen) atoms. The second-order valence-electron chi connectivity index (χ2n) is 4.97. The molecular formula is C14H20BrFN2O. The Hall–Kier alpha value is -0.650. The average molecular weight is 331 g/mol. The van der Waals surface area contributed by atoms with Gasteiger partial charge in [-0.1, -0.05) is 15.9 Å². The van der Waals surface area contributed by atoms with Crippen LogP contribution in [-0.4, -0.2) is 44.7 Å². The van der Waals surface area contributed by atoms with Crippen LogP contribution in [0.1, 0.15) is 6.42 Å². The van der Waals surface area contributed by atoms with Gasteiger partial charge in [0.05, 0.1) is 0 Å². The highest BCUT2D eigenvalue weighted by Crippen LogP contribution is 2.21. The normalized spacial score (nSPS) is 19.8. The topological polar surface area (TPSA) is 24.5 Å². The van der Waals surface area contributed by atoms with Crippen LogP contribution >= 0.6 is 15.9 Å². The molecule has 1 saturated heterocycles. The Morgan fingerprint density at radius 1 is 1.47 bits per heavy atom. The zero-order chi connectivity index (χ0) is 13.7. The van der Waals surface area contributed by atoms with Crippen molar-refractivity contribution in [1.29, 1.82) is 0 Å². The molecule has 1 N–H and O–H groups in total. The molecule has 0 spiro atoms. The molecule has 1 unspecified atom stereocenters. The lowest BCUT2D eigenvalue weighted by molar-refractivity contribution is 0.232. The first-order chi connectivity index (χ1) is 9.17. The smallest absolute Gasteiger partial charge is 0.128 e. The summed E-state index contributed by atoms with van der Waals surface area (Å²) in [5, 5.41) is 3.22. The predicted octanol–water partition coefficient (Wildman–Crippen LogP) is 2.51. The van der Waals surface area contributed by atoms with E-state index < -0.39 is 0 Å². The van der Waals surface area contributed by atoms with Crippen molar-refractivity contribution in [2.75, 3.05) is 39.8 Å². The van der Waals surface area contributed by atoms with E-state index in [4.69, 9.17) is 4.74 Å². The molecule has 0 radical (unpaired) electrons. The SMILES string of the molecule is CNCC1CCN(CCOc2cc(F)cc(Br)c2)C1. The number of nitrogens with one attached hydrogen (secondary N) is 1. The summed E-state index contributed by atoms with van der Waals surface area (Å²) in [6.07, 6.45) is 1.24. The highest BCUT2D eigenvalue weighted by molar-refractivity contribution is 9.10. The number of likely N-dealkylation sites (tertiary alicyclic amines) is 1. The average Bonchev–Trinajstić information content (AvgIpc) is 2.76. The van der Waals surface area contributed by atoms with E-state index in [9.17, 15) is 4.39 Å². The summed E-state index contributed by atoms with van der Waals surface area (Å²) in [5.74, 6) is 1.05. The lowest BCUT2D eigenvalue weighted by atomic mass is 10.1. The van der Waals surface area contributed by atoms with Crippen LogP contribution in [0.25, 0.3) is 0 Å². The van der Waals surface area contributed by atoms with Gasteiger partial charge >= 0.3 is 0 Å². The first-order valence-corrected chi connectivity index (χ1v) is 7.42. The lowest BCUT2D eigenvalue weighted by Gasteiger charge is -2.16. The van der Waals surface area contributed by atoms with Gasteiger partial charge in [0.1, 0.15) is 18.2 Å². The van der Waals surface area contributed by atoms with Gasteiger partial charge in [0.2, 0.25) is 0 Å². The summed E-state index contributed by atoms with van der Waals surface area (Å²) in [6, 6.07) is 4.63. The molecular weight excluding hydrogens is 311 g/mol. The van der Waals surface area contributed by atoms with Gasteiger partial charge in [-0.2, -0.15) is 0 Å². The van der Waals surface area contributed by atoms with E-state index in [0.29, 0.717) is 16.8 Å². The molecule has 3 nitrogen and oxygen atoms in total. The molecule has 1 aliphatic heterocycles. The van der Waals surface area contributed by atoms with Crippen LogP contribution < -0.4 is 10.1 Å². The molecule has 1 fully saturated rings. The molecule has 0 amide bonds. The minimum absolute atomic E-state index is 0.278. The Morgan fingerprint density at radius 3 is 3.05 bits per heavy atom. The van der Waals surface area contributed by atoms with Crippen LogP contribution in [0.5, 0.6) is 5.75 Å². The second kappa shape index (κ2) is 7.22. The summed E-state index contributed by atoms with van der Waals surface area (Å²) in [4.78, 5) is 2.40. The fourth-order valence-corrected chi connectivity index (χ4v) is 2.92. The fraction of sp³-hybridized carbons (Fsp3) is 0.571. The summed E-state index contributed by atoms with van der Waals surface area (Å²) < 4.78 is 19.5. The van der Waals surface area contributed by atoms with Gasteiger partial charge in [0.15, 0.2) is 0 Å². The predicted molar refractivity (Wildman–Crippen MR) is 78.1 cm³/mol. The Balaban J connectivity index is 1.72. The van der Waals surface area contributed by atoms with Crippen molar-refractivity contribution in [3.05, 3.63) is 28.5 Å². The Morgan fingerprint density at radius 2 is 2.32 bits per heavy atom. The molecule has 1 atom stereocenters. The van der Waals surface area contributed by atoms with Crippen molar-refractivity contribution in [3.8, 4) is 5.75 Å². The quantitative estimate of drug-likeness (QED) is 0.867. The van der Waals surface area contributed by atoms with E-state index in [2.05, 4.69) is 26.1 Å². The number of rotatable bonds is 6. The van der Waals surface area contributed by atoms with Crippen LogP contribution in [0.4, 0.5) is 4.39 Å². The van der Waals surface area contributed by atoms with Crippen molar-refractivity contribution >= 4 is 15.9 Å². The van der Waals surface area contributed by atoms with E-state index in [1.165, 1.54) is 18.6 Å². The highest BCUT2D eigenvalue weighted by Gasteiger charge is 2.21. The Kier molecular flexibility index (Phi) is 5.60. The van der Waals surface area contributed by atoms with Gasteiger partial charge in [-0.15, -0.1) is 0 Å². The third-order valence-corrected chi connectivity index (χ3v) is 3.83. The number of benzene rings is 1. The summed E-state index contributed by atoms with van der Waals surface area (Å²) in [5.41, 5.74) is 0. The van der Waals surface area contributed by atoms with Crippen LogP contribution in [-0.2, 0) is 0 Å². The largest absolute Gasteiger partial charge is 0.492 e. The first-order valence-electron chi connectivity index (χ1n) is 6.63. The van der Waals surface area contributed by atoms with Gasteiger partial charge < -0.3 is 10.1 Å². The fourth-order valence-electron chi connectivity index (χ4n) is 2.48. The van der Waals surface area contributed by atoms with Crippen molar-refractivity contribution in [1.82, 2.24) is 10.2 Å². The zero-order valence-corrected chi connectivity index (χ0v) is 12.7. The molecule has 0 aromatic heterocycles. The van der Waals surface area contributed by atoms with Crippen LogP contribution in [0.2, 0.25) is 0 Å². The van der Waals surface area contributed by atoms with Crippen molar-refractivity contribution in [3.63, 3.8) is 0 Å². The maximum Gasteiger partial charge on any atom is 0.128 e. The maximum atomic E-state index is 13.2. The standard InChI is InChI=1S/C14H20BrFN2O/c1-17-9-11-2-3-18(10-11)4-5-19-14-7-12(15)6-13(16)8-14/h6-8,11,17H,2-5,9-10H2,1H3. The summed E-state index contributed by atoms with van der Waals surface area (Å²) in [6.45, 7) is 4.82. The van der Waals surface area contributed by atoms with Crippen molar-refractivity contribution in [2.45, 2.75) is 6.42 Å². The second-order valence-corrected chi connectivity index (χ2v) is 5.88. The van der Waals surface area contributed by atoms with Gasteiger partial charge in [-0.3, -0.25) is 4.90 Å². The number of nitrogens with zero attached hydrogens (tertiary/aromatic N) is 1. The van der Waals surface area contributed by atoms with E-state index in [1.807, 2.05) is 7.05 Å². The Labute approximate surface area is 122 Å². The number of hydrogen-bond donors (Lipinski definition) is 1. The van der Waals surface area contributed by atoms with E-state index in [-0.39, 0.29) is 5.82 Å². The van der Waals surface area contributed by atoms with E-state index >= 15 is 0 Å². The third-order valence-electron chi connectivity index (χ3n) is 3.38. The third kappa shape index (κ3) is 4.75. The molecule has 1 aliphatic rings. The molecule has 0 bridgehead atoms. The molecule has 1 aromatic carbocycles. The highest BCUT2D eigenvalue weighted by atomic mass is 79.9. The maximum absolute atomic E-state index is 13.2. The van der Waals surface area contributed by atoms with Crippen LogP contribution in [0.3, 0.4) is 0 Å². The van der Waals surface area contributed by atoms with E-state index in [1.54, 1.807) is 6.07 Å². The lowest BCUT2D eigenvalue weighted by Crippen LogP contribution is -2.28. The van der Waals surface area contributed by atoms with Crippen molar-refractivity contribution < 1.29 is 9.13 Å². The van der Waals surface area contributed by atoms with Gasteiger partial charge in [-0.25, -0.2) is 4.39 Å². The number of hydrogen-bond acceptors (Lipinski definition) is 3. The monoisotopic (exact) mass is 330 g/mol. The van der Waals surface area contributed by atoms with Crippen LogP contribution in [0.15, 0.2) is 22.7 Å². The molecule has 0 aliphatic carbocycles. The van der Waals surface area contributed by atoms with Gasteiger partial charge in [0.25, 0.3) is 0 Å². The zero-order valence-electron chi connectivity index (χ0n) is 11.2. The van der Waals surface area contributed by atoms with E-state index in [0.717, 1.165) is 32.1 Å².